The van der Waals surface area contributed by atoms with E-state index in [0.29, 0.717) is 29.8 Å². The summed E-state index contributed by atoms with van der Waals surface area (Å²) in [6, 6.07) is 18.0. The second-order valence-corrected chi connectivity index (χ2v) is 8.76. The van der Waals surface area contributed by atoms with Crippen molar-refractivity contribution < 1.29 is 14.3 Å². The lowest BCUT2D eigenvalue weighted by Gasteiger charge is -2.18. The number of hydrogen-bond donors (Lipinski definition) is 0. The van der Waals surface area contributed by atoms with E-state index in [9.17, 15) is 4.79 Å². The van der Waals surface area contributed by atoms with Crippen molar-refractivity contribution in [2.75, 3.05) is 13.1 Å². The molecular weight excluding hydrogens is 436 g/mol. The Labute approximate surface area is 202 Å². The number of pyridine rings is 1. The van der Waals surface area contributed by atoms with Crippen molar-refractivity contribution in [3.05, 3.63) is 83.2 Å². The lowest BCUT2D eigenvalue weighted by Crippen LogP contribution is -2.20. The van der Waals surface area contributed by atoms with Gasteiger partial charge in [0, 0.05) is 31.3 Å². The molecule has 6 heteroatoms. The van der Waals surface area contributed by atoms with Crippen molar-refractivity contribution in [2.24, 2.45) is 0 Å². The molecule has 1 fully saturated rings. The lowest BCUT2D eigenvalue weighted by molar-refractivity contribution is -0.120. The van der Waals surface area contributed by atoms with Gasteiger partial charge in [-0.3, -0.25) is 14.7 Å². The zero-order valence-corrected chi connectivity index (χ0v) is 20.2. The molecule has 0 amide bonds. The average Bonchev–Trinajstić information content (AvgIpc) is 3.24. The van der Waals surface area contributed by atoms with E-state index in [2.05, 4.69) is 41.9 Å². The molecule has 1 saturated heterocycles. The van der Waals surface area contributed by atoms with Crippen LogP contribution in [0.2, 0.25) is 0 Å². The van der Waals surface area contributed by atoms with E-state index in [-0.39, 0.29) is 12.4 Å². The van der Waals surface area contributed by atoms with Crippen LogP contribution in [0.25, 0.3) is 0 Å². The standard InChI is InChI=1S/C27H30N2O3.ClH/c1-19(2)24-6-4-5-7-26(24)32-23-10-11-25(27(14-23)31-18-30)21-12-13-29(16-21)17-22-9-8-20(3)15-28-22;/h4-11,14-15,18-19,21H,12-13,16-17H2,1-3H3;1H. The number of para-hydroxylation sites is 1. The monoisotopic (exact) mass is 466 g/mol. The van der Waals surface area contributed by atoms with Crippen molar-refractivity contribution in [2.45, 2.75) is 45.6 Å². The van der Waals surface area contributed by atoms with Gasteiger partial charge in [0.05, 0.1) is 5.69 Å². The Hall–Kier alpha value is -2.89. The number of carbonyl (C=O) groups is 1. The summed E-state index contributed by atoms with van der Waals surface area (Å²) >= 11 is 0. The first-order valence-electron chi connectivity index (χ1n) is 11.2. The van der Waals surface area contributed by atoms with Crippen molar-refractivity contribution in [3.8, 4) is 17.2 Å². The molecule has 1 atom stereocenters. The summed E-state index contributed by atoms with van der Waals surface area (Å²) in [6.07, 6.45) is 2.92. The van der Waals surface area contributed by atoms with Crippen LogP contribution < -0.4 is 9.47 Å². The zero-order valence-electron chi connectivity index (χ0n) is 19.4. The van der Waals surface area contributed by atoms with E-state index in [4.69, 9.17) is 9.47 Å². The van der Waals surface area contributed by atoms with Crippen molar-refractivity contribution >= 4 is 18.9 Å². The quantitative estimate of drug-likeness (QED) is 0.367. The van der Waals surface area contributed by atoms with Crippen LogP contribution in [0.5, 0.6) is 17.2 Å². The zero-order chi connectivity index (χ0) is 22.5. The number of rotatable bonds is 8. The molecule has 0 saturated carbocycles. The van der Waals surface area contributed by atoms with Crippen molar-refractivity contribution in [1.29, 1.82) is 0 Å². The molecule has 1 aliphatic heterocycles. The number of aromatic nitrogens is 1. The molecule has 0 spiro atoms. The van der Waals surface area contributed by atoms with Crippen molar-refractivity contribution in [3.63, 3.8) is 0 Å². The molecule has 1 unspecified atom stereocenters. The second kappa shape index (κ2) is 11.3. The van der Waals surface area contributed by atoms with Gasteiger partial charge in [-0.25, -0.2) is 0 Å². The minimum absolute atomic E-state index is 0. The number of nitrogens with zero attached hydrogens (tertiary/aromatic N) is 2. The highest BCUT2D eigenvalue weighted by Gasteiger charge is 2.27. The van der Waals surface area contributed by atoms with Crippen LogP contribution in [0.15, 0.2) is 60.8 Å². The van der Waals surface area contributed by atoms with E-state index < -0.39 is 0 Å². The third-order valence-corrected chi connectivity index (χ3v) is 6.00. The van der Waals surface area contributed by atoms with Crippen LogP contribution in [0.4, 0.5) is 0 Å². The molecule has 0 N–H and O–H groups in total. The fraction of sp³-hybridized carbons (Fsp3) is 0.333. The van der Waals surface area contributed by atoms with Crippen LogP contribution in [0.1, 0.15) is 54.5 Å². The predicted molar refractivity (Wildman–Crippen MR) is 133 cm³/mol. The molecule has 1 aromatic heterocycles. The van der Waals surface area contributed by atoms with Gasteiger partial charge in [0.15, 0.2) is 0 Å². The fourth-order valence-corrected chi connectivity index (χ4v) is 4.30. The lowest BCUT2D eigenvalue weighted by atomic mass is 9.97. The van der Waals surface area contributed by atoms with Crippen LogP contribution in [-0.2, 0) is 11.3 Å². The Morgan fingerprint density at radius 2 is 1.94 bits per heavy atom. The molecule has 0 bridgehead atoms. The molecule has 2 aromatic carbocycles. The smallest absolute Gasteiger partial charge is 0.298 e. The summed E-state index contributed by atoms with van der Waals surface area (Å²) in [4.78, 5) is 18.1. The molecule has 5 nitrogen and oxygen atoms in total. The van der Waals surface area contributed by atoms with Crippen LogP contribution in [-0.4, -0.2) is 29.4 Å². The van der Waals surface area contributed by atoms with Gasteiger partial charge in [0.1, 0.15) is 17.2 Å². The summed E-state index contributed by atoms with van der Waals surface area (Å²) in [6.45, 7) is 9.55. The summed E-state index contributed by atoms with van der Waals surface area (Å²) in [5.74, 6) is 2.71. The van der Waals surface area contributed by atoms with E-state index in [1.54, 1.807) is 0 Å². The van der Waals surface area contributed by atoms with E-state index in [1.165, 1.54) is 5.56 Å². The Balaban J connectivity index is 0.00000306. The first kappa shape index (κ1) is 24.7. The van der Waals surface area contributed by atoms with Gasteiger partial charge in [0.2, 0.25) is 0 Å². The highest BCUT2D eigenvalue weighted by atomic mass is 35.5. The fourth-order valence-electron chi connectivity index (χ4n) is 4.30. The average molecular weight is 467 g/mol. The number of benzene rings is 2. The topological polar surface area (TPSA) is 51.7 Å². The number of halogens is 1. The maximum Gasteiger partial charge on any atom is 0.298 e. The highest BCUT2D eigenvalue weighted by Crippen LogP contribution is 2.38. The van der Waals surface area contributed by atoms with E-state index >= 15 is 0 Å². The molecule has 3 aromatic rings. The van der Waals surface area contributed by atoms with Gasteiger partial charge in [-0.2, -0.15) is 0 Å². The minimum Gasteiger partial charge on any atom is -0.457 e. The van der Waals surface area contributed by atoms with Gasteiger partial charge in [0.25, 0.3) is 6.47 Å². The summed E-state index contributed by atoms with van der Waals surface area (Å²) < 4.78 is 11.6. The first-order valence-corrected chi connectivity index (χ1v) is 11.2. The molecule has 174 valence electrons. The third kappa shape index (κ3) is 6.12. The largest absolute Gasteiger partial charge is 0.457 e. The molecule has 1 aliphatic rings. The normalized spacial score (nSPS) is 15.8. The maximum absolute atomic E-state index is 11.2. The van der Waals surface area contributed by atoms with Crippen LogP contribution in [0, 0.1) is 6.92 Å². The minimum atomic E-state index is 0. The number of hydrogen-bond acceptors (Lipinski definition) is 5. The number of aryl methyl sites for hydroxylation is 1. The highest BCUT2D eigenvalue weighted by molar-refractivity contribution is 5.85. The Kier molecular flexibility index (Phi) is 8.48. The predicted octanol–water partition coefficient (Wildman–Crippen LogP) is 6.25. The van der Waals surface area contributed by atoms with Crippen molar-refractivity contribution in [1.82, 2.24) is 9.88 Å². The summed E-state index contributed by atoms with van der Waals surface area (Å²) in [5, 5.41) is 0. The van der Waals surface area contributed by atoms with Gasteiger partial charge in [-0.05, 0) is 60.7 Å². The Morgan fingerprint density at radius 1 is 1.12 bits per heavy atom. The van der Waals surface area contributed by atoms with Gasteiger partial charge in [-0.15, -0.1) is 12.4 Å². The van der Waals surface area contributed by atoms with Gasteiger partial charge in [-0.1, -0.05) is 44.2 Å². The molecule has 33 heavy (non-hydrogen) atoms. The van der Waals surface area contributed by atoms with Gasteiger partial charge < -0.3 is 9.47 Å². The first-order chi connectivity index (χ1) is 15.5. The summed E-state index contributed by atoms with van der Waals surface area (Å²) in [5.41, 5.74) is 4.43. The SMILES string of the molecule is Cc1ccc(CN2CCC(c3ccc(Oc4ccccc4C(C)C)cc3OC=O)C2)nc1.Cl. The second-order valence-electron chi connectivity index (χ2n) is 8.76. The van der Waals surface area contributed by atoms with E-state index in [0.717, 1.165) is 48.6 Å². The van der Waals surface area contributed by atoms with Crippen LogP contribution in [0.3, 0.4) is 0 Å². The molecule has 0 aliphatic carbocycles. The third-order valence-electron chi connectivity index (χ3n) is 6.00. The Bertz CT molecular complexity index is 1070. The molecule has 0 radical (unpaired) electrons. The van der Waals surface area contributed by atoms with E-state index in [1.807, 2.05) is 49.5 Å². The number of ether oxygens (including phenoxy) is 2. The molecule has 4 rings (SSSR count). The Morgan fingerprint density at radius 3 is 2.67 bits per heavy atom. The number of likely N-dealkylation sites (tertiary alicyclic amines) is 1. The van der Waals surface area contributed by atoms with Crippen LogP contribution >= 0.6 is 12.4 Å². The number of carbonyl (C=O) groups excluding carboxylic acids is 1. The molecular formula is C27H31ClN2O3. The molecule has 2 heterocycles. The van der Waals surface area contributed by atoms with Gasteiger partial charge >= 0.3 is 0 Å². The maximum atomic E-state index is 11.2. The summed E-state index contributed by atoms with van der Waals surface area (Å²) in [7, 11) is 0.